The predicted octanol–water partition coefficient (Wildman–Crippen LogP) is 1.59. The van der Waals surface area contributed by atoms with Crippen LogP contribution in [0.25, 0.3) is 0 Å². The Labute approximate surface area is 108 Å². The van der Waals surface area contributed by atoms with E-state index in [9.17, 15) is 9.90 Å². The molecule has 7 heteroatoms. The first-order valence-electron chi connectivity index (χ1n) is 5.87. The fraction of sp³-hybridized carbons (Fsp3) is 0.250. The Balaban J connectivity index is 1.93. The van der Waals surface area contributed by atoms with Crippen LogP contribution in [0.15, 0.2) is 24.8 Å². The number of carboxylic acids is 1. The van der Waals surface area contributed by atoms with Crippen molar-refractivity contribution in [3.05, 3.63) is 36.2 Å². The Kier molecular flexibility index (Phi) is 2.79. The van der Waals surface area contributed by atoms with E-state index in [4.69, 9.17) is 0 Å². The van der Waals surface area contributed by atoms with E-state index < -0.39 is 5.97 Å². The lowest BCUT2D eigenvalue weighted by Gasteiger charge is -2.08. The summed E-state index contributed by atoms with van der Waals surface area (Å²) < 4.78 is 0. The maximum absolute atomic E-state index is 11.2. The molecule has 2 heterocycles. The van der Waals surface area contributed by atoms with Gasteiger partial charge in [0, 0.05) is 18.3 Å². The largest absolute Gasteiger partial charge is 0.476 e. The summed E-state index contributed by atoms with van der Waals surface area (Å²) in [6.07, 6.45) is 8.24. The molecule has 0 saturated heterocycles. The number of aromatic carboxylic acids is 1. The summed E-state index contributed by atoms with van der Waals surface area (Å²) in [4.78, 5) is 27.4. The van der Waals surface area contributed by atoms with Gasteiger partial charge >= 0.3 is 5.97 Å². The summed E-state index contributed by atoms with van der Waals surface area (Å²) in [5.41, 5.74) is 0.650. The minimum absolute atomic E-state index is 0.0879. The van der Waals surface area contributed by atoms with Gasteiger partial charge in [0.2, 0.25) is 0 Å². The highest BCUT2D eigenvalue weighted by molar-refractivity contribution is 5.91. The number of aromatic nitrogens is 4. The highest BCUT2D eigenvalue weighted by Crippen LogP contribution is 2.39. The molecule has 96 valence electrons. The zero-order chi connectivity index (χ0) is 13.2. The van der Waals surface area contributed by atoms with Crippen LogP contribution in [-0.2, 0) is 0 Å². The molecule has 0 unspecified atom stereocenters. The van der Waals surface area contributed by atoms with Crippen molar-refractivity contribution in [2.75, 3.05) is 5.32 Å². The lowest BCUT2D eigenvalue weighted by molar-refractivity contribution is 0.0691. The van der Waals surface area contributed by atoms with E-state index in [-0.39, 0.29) is 11.5 Å². The third-order valence-electron chi connectivity index (χ3n) is 2.80. The fourth-order valence-corrected chi connectivity index (χ4v) is 1.70. The molecule has 19 heavy (non-hydrogen) atoms. The average molecular weight is 257 g/mol. The number of nitrogens with zero attached hydrogens (tertiary/aromatic N) is 4. The molecular weight excluding hydrogens is 246 g/mol. The molecule has 1 aliphatic rings. The topological polar surface area (TPSA) is 101 Å². The van der Waals surface area contributed by atoms with Crippen LogP contribution in [0.5, 0.6) is 0 Å². The standard InChI is InChI=1S/C12H11N5O2/c18-12(19)10-11(17-9-6-13-3-4-14-9)15-5-8(16-10)7-1-2-7/h3-7H,1-2H2,(H,18,19)(H,14,15,17). The molecular formula is C12H11N5O2. The van der Waals surface area contributed by atoms with Crippen molar-refractivity contribution in [2.45, 2.75) is 18.8 Å². The van der Waals surface area contributed by atoms with Crippen LogP contribution in [-0.4, -0.2) is 31.0 Å². The van der Waals surface area contributed by atoms with Gasteiger partial charge in [-0.3, -0.25) is 4.98 Å². The second-order valence-electron chi connectivity index (χ2n) is 4.29. The van der Waals surface area contributed by atoms with Crippen molar-refractivity contribution in [1.82, 2.24) is 19.9 Å². The lowest BCUT2D eigenvalue weighted by atomic mass is 10.3. The molecule has 2 aromatic heterocycles. The number of carboxylic acid groups (broad SMARTS) is 1. The number of hydrogen-bond donors (Lipinski definition) is 2. The van der Waals surface area contributed by atoms with E-state index in [1.165, 1.54) is 18.6 Å². The molecule has 0 aliphatic heterocycles. The Morgan fingerprint density at radius 2 is 2.11 bits per heavy atom. The van der Waals surface area contributed by atoms with E-state index in [2.05, 4.69) is 25.3 Å². The second-order valence-corrected chi connectivity index (χ2v) is 4.29. The van der Waals surface area contributed by atoms with E-state index in [1.54, 1.807) is 6.20 Å². The van der Waals surface area contributed by atoms with Crippen molar-refractivity contribution in [3.63, 3.8) is 0 Å². The van der Waals surface area contributed by atoms with E-state index in [0.717, 1.165) is 18.5 Å². The van der Waals surface area contributed by atoms with Crippen molar-refractivity contribution < 1.29 is 9.90 Å². The van der Waals surface area contributed by atoms with Crippen LogP contribution in [0.2, 0.25) is 0 Å². The number of nitrogens with one attached hydrogen (secondary N) is 1. The summed E-state index contributed by atoms with van der Waals surface area (Å²) in [6.45, 7) is 0. The highest BCUT2D eigenvalue weighted by atomic mass is 16.4. The number of anilines is 2. The van der Waals surface area contributed by atoms with E-state index in [1.807, 2.05) is 0 Å². The molecule has 1 saturated carbocycles. The van der Waals surface area contributed by atoms with Crippen molar-refractivity contribution in [2.24, 2.45) is 0 Å². The first kappa shape index (κ1) is 11.5. The third-order valence-corrected chi connectivity index (χ3v) is 2.80. The highest BCUT2D eigenvalue weighted by Gasteiger charge is 2.27. The fourth-order valence-electron chi connectivity index (χ4n) is 1.70. The zero-order valence-electron chi connectivity index (χ0n) is 9.95. The molecule has 7 nitrogen and oxygen atoms in total. The van der Waals surface area contributed by atoms with Crippen LogP contribution in [0.1, 0.15) is 34.9 Å². The summed E-state index contributed by atoms with van der Waals surface area (Å²) in [5, 5.41) is 12.0. The molecule has 1 aliphatic carbocycles. The van der Waals surface area contributed by atoms with Crippen LogP contribution >= 0.6 is 0 Å². The first-order valence-corrected chi connectivity index (χ1v) is 5.87. The third kappa shape index (κ3) is 2.49. The summed E-state index contributed by atoms with van der Waals surface area (Å²) >= 11 is 0. The quantitative estimate of drug-likeness (QED) is 0.857. The van der Waals surface area contributed by atoms with Crippen LogP contribution in [0.4, 0.5) is 11.6 Å². The van der Waals surface area contributed by atoms with Gasteiger partial charge in [-0.2, -0.15) is 0 Å². The SMILES string of the molecule is O=C(O)c1nc(C2CC2)cnc1Nc1cnccn1. The van der Waals surface area contributed by atoms with Gasteiger partial charge in [0.15, 0.2) is 11.5 Å². The molecule has 2 N–H and O–H groups in total. The minimum atomic E-state index is -1.11. The summed E-state index contributed by atoms with van der Waals surface area (Å²) in [7, 11) is 0. The van der Waals surface area contributed by atoms with Gasteiger partial charge < -0.3 is 10.4 Å². The maximum Gasteiger partial charge on any atom is 0.358 e. The van der Waals surface area contributed by atoms with Crippen molar-refractivity contribution in [1.29, 1.82) is 0 Å². The summed E-state index contributed by atoms with van der Waals surface area (Å²) in [6, 6.07) is 0. The van der Waals surface area contributed by atoms with E-state index in [0.29, 0.717) is 11.7 Å². The number of carbonyl (C=O) groups is 1. The van der Waals surface area contributed by atoms with Gasteiger partial charge in [0.1, 0.15) is 5.82 Å². The molecule has 0 radical (unpaired) electrons. The summed E-state index contributed by atoms with van der Waals surface area (Å²) in [5.74, 6) is -0.145. The Morgan fingerprint density at radius 1 is 1.26 bits per heavy atom. The average Bonchev–Trinajstić information content (AvgIpc) is 3.24. The molecule has 1 fully saturated rings. The zero-order valence-corrected chi connectivity index (χ0v) is 9.95. The van der Waals surface area contributed by atoms with Gasteiger partial charge in [-0.1, -0.05) is 0 Å². The lowest BCUT2D eigenvalue weighted by Crippen LogP contribution is -2.10. The van der Waals surface area contributed by atoms with Gasteiger partial charge in [0.25, 0.3) is 0 Å². The van der Waals surface area contributed by atoms with Gasteiger partial charge in [0.05, 0.1) is 18.1 Å². The van der Waals surface area contributed by atoms with Gasteiger partial charge in [-0.15, -0.1) is 0 Å². The molecule has 0 bridgehead atoms. The first-order chi connectivity index (χ1) is 9.24. The molecule has 3 rings (SSSR count). The van der Waals surface area contributed by atoms with Crippen LogP contribution in [0.3, 0.4) is 0 Å². The number of hydrogen-bond acceptors (Lipinski definition) is 6. The molecule has 0 spiro atoms. The monoisotopic (exact) mass is 257 g/mol. The van der Waals surface area contributed by atoms with Crippen LogP contribution in [0, 0.1) is 0 Å². The number of rotatable bonds is 4. The molecule has 0 aromatic carbocycles. The maximum atomic E-state index is 11.2. The molecule has 2 aromatic rings. The molecule has 0 amide bonds. The molecule has 0 atom stereocenters. The Morgan fingerprint density at radius 3 is 2.74 bits per heavy atom. The smallest absolute Gasteiger partial charge is 0.358 e. The van der Waals surface area contributed by atoms with Crippen LogP contribution < -0.4 is 5.32 Å². The van der Waals surface area contributed by atoms with Crippen molar-refractivity contribution >= 4 is 17.6 Å². The van der Waals surface area contributed by atoms with Gasteiger partial charge in [-0.25, -0.2) is 19.7 Å². The second kappa shape index (κ2) is 4.60. The Bertz CT molecular complexity index is 613. The predicted molar refractivity (Wildman–Crippen MR) is 66.3 cm³/mol. The van der Waals surface area contributed by atoms with Crippen molar-refractivity contribution in [3.8, 4) is 0 Å². The van der Waals surface area contributed by atoms with E-state index >= 15 is 0 Å². The Hall–Kier alpha value is -2.57. The normalized spacial score (nSPS) is 14.1. The minimum Gasteiger partial charge on any atom is -0.476 e. The van der Waals surface area contributed by atoms with Gasteiger partial charge in [-0.05, 0) is 12.8 Å².